The average molecular weight is 396 g/mol. The van der Waals surface area contributed by atoms with Gasteiger partial charge in [0.1, 0.15) is 5.75 Å². The molecule has 6 nitrogen and oxygen atoms in total. The Morgan fingerprint density at radius 1 is 1.11 bits per heavy atom. The Kier molecular flexibility index (Phi) is 6.49. The van der Waals surface area contributed by atoms with Crippen molar-refractivity contribution in [2.24, 2.45) is 0 Å². The standard InChI is InChI=1S/C21H20N2O4S/c1-27-17-9-7-16(8-10-17)13-18-20(25)23(21(26)28-18)12-11-22-19(24)14-15-5-3-2-4-6-15/h2-10,13H,11-12,14H2,1H3,(H,22,24). The molecule has 1 aliphatic heterocycles. The Bertz CT molecular complexity index is 894. The van der Waals surface area contributed by atoms with Gasteiger partial charge in [0, 0.05) is 13.1 Å². The maximum Gasteiger partial charge on any atom is 0.293 e. The van der Waals surface area contributed by atoms with Crippen LogP contribution in [-0.4, -0.2) is 42.2 Å². The van der Waals surface area contributed by atoms with Gasteiger partial charge in [0.15, 0.2) is 0 Å². The van der Waals surface area contributed by atoms with E-state index >= 15 is 0 Å². The van der Waals surface area contributed by atoms with Gasteiger partial charge in [0.05, 0.1) is 18.4 Å². The third-order valence-corrected chi connectivity index (χ3v) is 5.06. The minimum atomic E-state index is -0.344. The highest BCUT2D eigenvalue weighted by Gasteiger charge is 2.34. The molecule has 0 atom stereocenters. The van der Waals surface area contributed by atoms with Crippen LogP contribution in [0.3, 0.4) is 0 Å². The largest absolute Gasteiger partial charge is 0.497 e. The molecule has 0 bridgehead atoms. The fourth-order valence-corrected chi connectivity index (χ4v) is 3.56. The number of nitrogens with zero attached hydrogens (tertiary/aromatic N) is 1. The normalized spacial score (nSPS) is 15.2. The van der Waals surface area contributed by atoms with Crippen molar-refractivity contribution in [1.29, 1.82) is 0 Å². The van der Waals surface area contributed by atoms with Gasteiger partial charge in [-0.15, -0.1) is 0 Å². The molecule has 0 spiro atoms. The number of nitrogens with one attached hydrogen (secondary N) is 1. The zero-order valence-corrected chi connectivity index (χ0v) is 16.2. The highest BCUT2D eigenvalue weighted by atomic mass is 32.2. The van der Waals surface area contributed by atoms with Gasteiger partial charge in [-0.25, -0.2) is 0 Å². The summed E-state index contributed by atoms with van der Waals surface area (Å²) in [6, 6.07) is 16.6. The van der Waals surface area contributed by atoms with Crippen molar-refractivity contribution in [3.63, 3.8) is 0 Å². The van der Waals surface area contributed by atoms with Crippen LogP contribution < -0.4 is 10.1 Å². The van der Waals surface area contributed by atoms with Crippen LogP contribution >= 0.6 is 11.8 Å². The van der Waals surface area contributed by atoms with E-state index in [9.17, 15) is 14.4 Å². The Hall–Kier alpha value is -3.06. The first-order valence-electron chi connectivity index (χ1n) is 8.77. The Labute approximate surface area is 167 Å². The minimum absolute atomic E-state index is 0.144. The number of carbonyl (C=O) groups excluding carboxylic acids is 3. The molecule has 0 aliphatic carbocycles. The lowest BCUT2D eigenvalue weighted by Crippen LogP contribution is -2.37. The SMILES string of the molecule is COc1ccc(C=C2SC(=O)N(CCNC(=O)Cc3ccccc3)C2=O)cc1. The zero-order chi connectivity index (χ0) is 19.9. The molecule has 144 valence electrons. The highest BCUT2D eigenvalue weighted by molar-refractivity contribution is 8.18. The Morgan fingerprint density at radius 2 is 1.82 bits per heavy atom. The fraction of sp³-hybridized carbons (Fsp3) is 0.190. The summed E-state index contributed by atoms with van der Waals surface area (Å²) in [5.41, 5.74) is 1.72. The molecule has 7 heteroatoms. The molecule has 0 aromatic heterocycles. The Balaban J connectivity index is 1.53. The van der Waals surface area contributed by atoms with Crippen molar-refractivity contribution >= 4 is 34.9 Å². The van der Waals surface area contributed by atoms with Gasteiger partial charge in [0.2, 0.25) is 5.91 Å². The highest BCUT2D eigenvalue weighted by Crippen LogP contribution is 2.32. The molecule has 2 aromatic carbocycles. The molecule has 1 fully saturated rings. The molecular weight excluding hydrogens is 376 g/mol. The van der Waals surface area contributed by atoms with Crippen LogP contribution in [-0.2, 0) is 16.0 Å². The van der Waals surface area contributed by atoms with E-state index in [1.54, 1.807) is 25.3 Å². The van der Waals surface area contributed by atoms with Crippen LogP contribution in [0.25, 0.3) is 6.08 Å². The predicted octanol–water partition coefficient (Wildman–Crippen LogP) is 3.09. The first-order valence-corrected chi connectivity index (χ1v) is 9.58. The van der Waals surface area contributed by atoms with Crippen LogP contribution in [0, 0.1) is 0 Å². The van der Waals surface area contributed by atoms with Crippen LogP contribution in [0.5, 0.6) is 5.75 Å². The minimum Gasteiger partial charge on any atom is -0.497 e. The van der Waals surface area contributed by atoms with E-state index < -0.39 is 0 Å². The second-order valence-electron chi connectivity index (χ2n) is 6.12. The van der Waals surface area contributed by atoms with Gasteiger partial charge in [-0.3, -0.25) is 19.3 Å². The van der Waals surface area contributed by atoms with Crippen molar-refractivity contribution in [2.75, 3.05) is 20.2 Å². The summed E-state index contributed by atoms with van der Waals surface area (Å²) in [4.78, 5) is 38.1. The predicted molar refractivity (Wildman–Crippen MR) is 109 cm³/mol. The number of rotatable bonds is 7. The third-order valence-electron chi connectivity index (χ3n) is 4.15. The molecule has 28 heavy (non-hydrogen) atoms. The second-order valence-corrected chi connectivity index (χ2v) is 7.11. The first-order chi connectivity index (χ1) is 13.6. The number of hydrogen-bond donors (Lipinski definition) is 1. The maximum atomic E-state index is 12.5. The number of ether oxygens (including phenoxy) is 1. The van der Waals surface area contributed by atoms with E-state index in [-0.39, 0.29) is 36.6 Å². The Morgan fingerprint density at radius 3 is 2.50 bits per heavy atom. The molecule has 1 saturated heterocycles. The zero-order valence-electron chi connectivity index (χ0n) is 15.4. The number of carbonyl (C=O) groups is 3. The number of hydrogen-bond acceptors (Lipinski definition) is 5. The van der Waals surface area contributed by atoms with Crippen molar-refractivity contribution in [3.8, 4) is 5.75 Å². The summed E-state index contributed by atoms with van der Waals surface area (Å²) < 4.78 is 5.11. The topological polar surface area (TPSA) is 75.7 Å². The molecule has 0 saturated carbocycles. The molecule has 1 aliphatic rings. The van der Waals surface area contributed by atoms with E-state index in [1.807, 2.05) is 42.5 Å². The van der Waals surface area contributed by atoms with E-state index in [2.05, 4.69) is 5.32 Å². The summed E-state index contributed by atoms with van der Waals surface area (Å²) >= 11 is 0.903. The van der Waals surface area contributed by atoms with E-state index in [0.29, 0.717) is 4.91 Å². The molecule has 2 aromatic rings. The monoisotopic (exact) mass is 396 g/mol. The number of thioether (sulfide) groups is 1. The molecular formula is C21H20N2O4S. The summed E-state index contributed by atoms with van der Waals surface area (Å²) in [5, 5.41) is 2.42. The summed E-state index contributed by atoms with van der Waals surface area (Å²) in [6.07, 6.45) is 1.94. The van der Waals surface area contributed by atoms with E-state index in [0.717, 1.165) is 33.5 Å². The lowest BCUT2D eigenvalue weighted by molar-refractivity contribution is -0.124. The van der Waals surface area contributed by atoms with Gasteiger partial charge >= 0.3 is 0 Å². The van der Waals surface area contributed by atoms with Crippen molar-refractivity contribution in [1.82, 2.24) is 10.2 Å². The van der Waals surface area contributed by atoms with Crippen LogP contribution in [0.4, 0.5) is 4.79 Å². The van der Waals surface area contributed by atoms with Crippen molar-refractivity contribution in [3.05, 3.63) is 70.6 Å². The summed E-state index contributed by atoms with van der Waals surface area (Å²) in [5.74, 6) is 0.228. The number of benzene rings is 2. The number of methoxy groups -OCH3 is 1. The lowest BCUT2D eigenvalue weighted by Gasteiger charge is -2.13. The summed E-state index contributed by atoms with van der Waals surface area (Å²) in [7, 11) is 1.58. The third kappa shape index (κ3) is 5.01. The van der Waals surface area contributed by atoms with Crippen LogP contribution in [0.15, 0.2) is 59.5 Å². The average Bonchev–Trinajstić information content (AvgIpc) is 2.96. The van der Waals surface area contributed by atoms with Crippen molar-refractivity contribution < 1.29 is 19.1 Å². The van der Waals surface area contributed by atoms with Crippen LogP contribution in [0.2, 0.25) is 0 Å². The maximum absolute atomic E-state index is 12.5. The van der Waals surface area contributed by atoms with Crippen LogP contribution in [0.1, 0.15) is 11.1 Å². The van der Waals surface area contributed by atoms with E-state index in [1.165, 1.54) is 0 Å². The molecule has 3 amide bonds. The second kappa shape index (κ2) is 9.23. The first kappa shape index (κ1) is 19.7. The quantitative estimate of drug-likeness (QED) is 0.728. The molecule has 0 radical (unpaired) electrons. The number of amides is 3. The molecule has 1 heterocycles. The van der Waals surface area contributed by atoms with Gasteiger partial charge < -0.3 is 10.1 Å². The van der Waals surface area contributed by atoms with Gasteiger partial charge in [-0.2, -0.15) is 0 Å². The molecule has 1 N–H and O–H groups in total. The smallest absolute Gasteiger partial charge is 0.293 e. The van der Waals surface area contributed by atoms with E-state index in [4.69, 9.17) is 4.74 Å². The molecule has 0 unspecified atom stereocenters. The lowest BCUT2D eigenvalue weighted by atomic mass is 10.1. The van der Waals surface area contributed by atoms with Gasteiger partial charge in [-0.1, -0.05) is 42.5 Å². The summed E-state index contributed by atoms with van der Waals surface area (Å²) in [6.45, 7) is 0.366. The van der Waals surface area contributed by atoms with Crippen molar-refractivity contribution in [2.45, 2.75) is 6.42 Å². The number of imide groups is 1. The fourth-order valence-electron chi connectivity index (χ4n) is 2.70. The molecule has 3 rings (SSSR count). The van der Waals surface area contributed by atoms with Gasteiger partial charge in [-0.05, 0) is 41.1 Å². The van der Waals surface area contributed by atoms with Gasteiger partial charge in [0.25, 0.3) is 11.1 Å².